The molecule has 5 rings (SSSR count). The number of ether oxygens (including phenoxy) is 1. The van der Waals surface area contributed by atoms with Crippen LogP contribution in [0.2, 0.25) is 0 Å². The molecule has 9 nitrogen and oxygen atoms in total. The fourth-order valence-corrected chi connectivity index (χ4v) is 4.79. The molecule has 2 N–H and O–H groups in total. The summed E-state index contributed by atoms with van der Waals surface area (Å²) in [6.07, 6.45) is 1.40. The van der Waals surface area contributed by atoms with E-state index in [1.54, 1.807) is 18.1 Å². The number of non-ortho nitro benzene ring substituents is 1. The second kappa shape index (κ2) is 10.3. The van der Waals surface area contributed by atoms with Gasteiger partial charge in [0.15, 0.2) is 0 Å². The van der Waals surface area contributed by atoms with Gasteiger partial charge < -0.3 is 19.9 Å². The molecule has 0 bridgehead atoms. The van der Waals surface area contributed by atoms with Crippen molar-refractivity contribution in [3.63, 3.8) is 0 Å². The van der Waals surface area contributed by atoms with Crippen LogP contribution in [-0.4, -0.2) is 46.8 Å². The van der Waals surface area contributed by atoms with Crippen molar-refractivity contribution < 1.29 is 23.6 Å². The third-order valence-corrected chi connectivity index (χ3v) is 6.84. The summed E-state index contributed by atoms with van der Waals surface area (Å²) in [7, 11) is 1.59. The molecule has 0 spiro atoms. The molecule has 0 saturated carbocycles. The highest BCUT2D eigenvalue weighted by atomic mass is 19.1. The molecule has 2 heterocycles. The highest BCUT2D eigenvalue weighted by Gasteiger charge is 2.26. The first-order valence-corrected chi connectivity index (χ1v) is 12.1. The molecule has 0 unspecified atom stereocenters. The number of piperidine rings is 1. The van der Waals surface area contributed by atoms with Crippen LogP contribution in [0.25, 0.3) is 10.9 Å². The molecular weight excluding hydrogens is 491 g/mol. The number of nitrogens with one attached hydrogen (secondary N) is 2. The molecule has 1 aromatic heterocycles. The van der Waals surface area contributed by atoms with Crippen LogP contribution in [0.5, 0.6) is 5.75 Å². The van der Waals surface area contributed by atoms with Crippen molar-refractivity contribution in [2.75, 3.05) is 25.5 Å². The summed E-state index contributed by atoms with van der Waals surface area (Å²) >= 11 is 0. The topological polar surface area (TPSA) is 118 Å². The van der Waals surface area contributed by atoms with Gasteiger partial charge in [-0.2, -0.15) is 0 Å². The lowest BCUT2D eigenvalue weighted by Gasteiger charge is -2.32. The van der Waals surface area contributed by atoms with E-state index < -0.39 is 22.3 Å². The van der Waals surface area contributed by atoms with Crippen molar-refractivity contribution >= 4 is 34.1 Å². The van der Waals surface area contributed by atoms with Gasteiger partial charge >= 0.3 is 0 Å². The maximum absolute atomic E-state index is 13.8. The molecule has 38 heavy (non-hydrogen) atoms. The van der Waals surface area contributed by atoms with Gasteiger partial charge in [-0.15, -0.1) is 0 Å². The number of hydrogen-bond donors (Lipinski definition) is 2. The minimum atomic E-state index is -0.811. The van der Waals surface area contributed by atoms with Gasteiger partial charge in [0.25, 0.3) is 17.5 Å². The third-order valence-electron chi connectivity index (χ3n) is 6.84. The number of carbonyl (C=O) groups is 2. The average Bonchev–Trinajstić information content (AvgIpc) is 3.36. The van der Waals surface area contributed by atoms with Crippen LogP contribution in [0, 0.1) is 15.9 Å². The summed E-state index contributed by atoms with van der Waals surface area (Å²) in [6.45, 7) is 0.912. The molecule has 194 valence electrons. The Bertz CT molecular complexity index is 1520. The van der Waals surface area contributed by atoms with Crippen molar-refractivity contribution in [1.82, 2.24) is 9.88 Å². The SMILES string of the molecule is COc1ccc2cc(C(=O)Nc3ccc(C4CCN(C(=O)c5cc(F)cc([N+](=O)[O-])c5)CC4)cc3)[nH]c2c1. The number of aromatic nitrogens is 1. The highest BCUT2D eigenvalue weighted by Crippen LogP contribution is 2.30. The van der Waals surface area contributed by atoms with Gasteiger partial charge in [0.2, 0.25) is 0 Å². The van der Waals surface area contributed by atoms with E-state index >= 15 is 0 Å². The van der Waals surface area contributed by atoms with E-state index in [1.807, 2.05) is 42.5 Å². The third kappa shape index (κ3) is 5.19. The van der Waals surface area contributed by atoms with Crippen LogP contribution < -0.4 is 10.1 Å². The van der Waals surface area contributed by atoms with Gasteiger partial charge in [0.1, 0.15) is 17.3 Å². The van der Waals surface area contributed by atoms with Gasteiger partial charge in [0.05, 0.1) is 18.1 Å². The van der Waals surface area contributed by atoms with Crippen molar-refractivity contribution in [3.8, 4) is 5.75 Å². The number of nitro benzene ring substituents is 1. The first-order chi connectivity index (χ1) is 18.3. The second-order valence-electron chi connectivity index (χ2n) is 9.23. The Morgan fingerprint density at radius 3 is 2.47 bits per heavy atom. The van der Waals surface area contributed by atoms with E-state index in [2.05, 4.69) is 10.3 Å². The minimum Gasteiger partial charge on any atom is -0.497 e. The number of fused-ring (bicyclic) bond motifs is 1. The van der Waals surface area contributed by atoms with E-state index in [1.165, 1.54) is 0 Å². The normalized spacial score (nSPS) is 13.9. The molecule has 1 aliphatic heterocycles. The first kappa shape index (κ1) is 24.9. The molecule has 4 aromatic rings. The summed E-state index contributed by atoms with van der Waals surface area (Å²) in [6, 6.07) is 17.9. The number of amides is 2. The number of rotatable bonds is 6. The molecule has 1 fully saturated rings. The number of carbonyl (C=O) groups excluding carboxylic acids is 2. The molecular formula is C28H25FN4O5. The average molecular weight is 517 g/mol. The number of methoxy groups -OCH3 is 1. The Labute approximate surface area is 217 Å². The minimum absolute atomic E-state index is 0.0238. The Morgan fingerprint density at radius 2 is 1.79 bits per heavy atom. The quantitative estimate of drug-likeness (QED) is 0.259. The number of halogens is 1. The van der Waals surface area contributed by atoms with E-state index in [4.69, 9.17) is 4.74 Å². The largest absolute Gasteiger partial charge is 0.497 e. The summed E-state index contributed by atoms with van der Waals surface area (Å²) in [4.78, 5) is 40.6. The monoisotopic (exact) mass is 516 g/mol. The molecule has 1 saturated heterocycles. The number of nitrogens with zero attached hydrogens (tertiary/aromatic N) is 2. The molecule has 0 aliphatic carbocycles. The fraction of sp³-hybridized carbons (Fsp3) is 0.214. The summed E-state index contributed by atoms with van der Waals surface area (Å²) in [5, 5.41) is 14.8. The maximum atomic E-state index is 13.8. The summed E-state index contributed by atoms with van der Waals surface area (Å²) in [5.41, 5.74) is 2.54. The number of hydrogen-bond acceptors (Lipinski definition) is 5. The van der Waals surface area contributed by atoms with E-state index in [9.17, 15) is 24.1 Å². The number of likely N-dealkylation sites (tertiary alicyclic amines) is 1. The fourth-order valence-electron chi connectivity index (χ4n) is 4.79. The van der Waals surface area contributed by atoms with Gasteiger partial charge in [0, 0.05) is 47.4 Å². The molecule has 10 heteroatoms. The maximum Gasteiger partial charge on any atom is 0.273 e. The zero-order valence-electron chi connectivity index (χ0n) is 20.6. The second-order valence-corrected chi connectivity index (χ2v) is 9.23. The van der Waals surface area contributed by atoms with Crippen molar-refractivity contribution in [1.29, 1.82) is 0 Å². The van der Waals surface area contributed by atoms with E-state index in [0.717, 1.165) is 34.7 Å². The van der Waals surface area contributed by atoms with Crippen LogP contribution in [0.15, 0.2) is 66.7 Å². The first-order valence-electron chi connectivity index (χ1n) is 12.1. The molecule has 3 aromatic carbocycles. The van der Waals surface area contributed by atoms with Crippen LogP contribution >= 0.6 is 0 Å². The van der Waals surface area contributed by atoms with Crippen LogP contribution in [0.1, 0.15) is 45.2 Å². The standard InChI is InChI=1S/C28H25FN4O5/c1-38-24-7-4-19-14-26(31-25(19)16-24)27(34)30-22-5-2-17(3-6-22)18-8-10-32(11-9-18)28(35)20-12-21(29)15-23(13-20)33(36)37/h2-7,12-16,18,31H,8-11H2,1H3,(H,30,34). The Hall–Kier alpha value is -4.73. The predicted molar refractivity (Wildman–Crippen MR) is 140 cm³/mol. The number of anilines is 1. The smallest absolute Gasteiger partial charge is 0.273 e. The number of nitro groups is 1. The Balaban J connectivity index is 1.19. The summed E-state index contributed by atoms with van der Waals surface area (Å²) in [5.74, 6) is -0.560. The predicted octanol–water partition coefficient (Wildman–Crippen LogP) is 5.50. The Morgan fingerprint density at radius 1 is 1.05 bits per heavy atom. The van der Waals surface area contributed by atoms with Crippen LogP contribution in [-0.2, 0) is 0 Å². The van der Waals surface area contributed by atoms with Gasteiger partial charge in [-0.25, -0.2) is 4.39 Å². The van der Waals surface area contributed by atoms with Gasteiger partial charge in [-0.1, -0.05) is 12.1 Å². The van der Waals surface area contributed by atoms with Crippen LogP contribution in [0.3, 0.4) is 0 Å². The number of aromatic amines is 1. The van der Waals surface area contributed by atoms with Gasteiger partial charge in [-0.05, 0) is 60.7 Å². The van der Waals surface area contributed by atoms with Crippen LogP contribution in [0.4, 0.5) is 15.8 Å². The molecule has 2 amide bonds. The van der Waals surface area contributed by atoms with Gasteiger partial charge in [-0.3, -0.25) is 19.7 Å². The number of H-pyrrole nitrogens is 1. The molecule has 0 atom stereocenters. The summed E-state index contributed by atoms with van der Waals surface area (Å²) < 4.78 is 19.0. The van der Waals surface area contributed by atoms with Crippen molar-refractivity contribution in [3.05, 3.63) is 99.5 Å². The lowest BCUT2D eigenvalue weighted by molar-refractivity contribution is -0.385. The van der Waals surface area contributed by atoms with Crippen molar-refractivity contribution in [2.24, 2.45) is 0 Å². The van der Waals surface area contributed by atoms with Crippen molar-refractivity contribution in [2.45, 2.75) is 18.8 Å². The molecule has 1 aliphatic rings. The van der Waals surface area contributed by atoms with E-state index in [-0.39, 0.29) is 17.4 Å². The highest BCUT2D eigenvalue weighted by molar-refractivity contribution is 6.06. The lowest BCUT2D eigenvalue weighted by Crippen LogP contribution is -2.38. The van der Waals surface area contributed by atoms with E-state index in [0.29, 0.717) is 43.1 Å². The Kier molecular flexibility index (Phi) is 6.78. The number of benzene rings is 3. The molecule has 0 radical (unpaired) electrons. The lowest BCUT2D eigenvalue weighted by atomic mass is 9.89. The zero-order chi connectivity index (χ0) is 26.8. The zero-order valence-corrected chi connectivity index (χ0v) is 20.6.